The van der Waals surface area contributed by atoms with E-state index in [9.17, 15) is 9.59 Å². The molecule has 0 spiro atoms. The van der Waals surface area contributed by atoms with E-state index in [4.69, 9.17) is 16.3 Å². The number of aromatic nitrogens is 3. The maximum Gasteiger partial charge on any atom is 0.339 e. The number of hydrogen-bond donors (Lipinski definition) is 0. The molecule has 1 fully saturated rings. The summed E-state index contributed by atoms with van der Waals surface area (Å²) in [5, 5.41) is 4.95. The first-order chi connectivity index (χ1) is 13.9. The Kier molecular flexibility index (Phi) is 6.74. The minimum atomic E-state index is -0.372. The van der Waals surface area contributed by atoms with Crippen LogP contribution >= 0.6 is 11.6 Å². The molecule has 29 heavy (non-hydrogen) atoms. The second kappa shape index (κ2) is 9.26. The summed E-state index contributed by atoms with van der Waals surface area (Å²) in [5.41, 5.74) is 1.97. The lowest BCUT2D eigenvalue weighted by Gasteiger charge is -2.23. The van der Waals surface area contributed by atoms with Crippen molar-refractivity contribution in [1.29, 1.82) is 0 Å². The van der Waals surface area contributed by atoms with Crippen molar-refractivity contribution in [2.24, 2.45) is 0 Å². The van der Waals surface area contributed by atoms with E-state index in [0.29, 0.717) is 36.8 Å². The molecule has 1 amide bonds. The molecule has 9 heteroatoms. The second-order valence-electron chi connectivity index (χ2n) is 6.99. The van der Waals surface area contributed by atoms with E-state index in [-0.39, 0.29) is 18.4 Å². The van der Waals surface area contributed by atoms with Crippen LogP contribution < -0.4 is 4.90 Å². The highest BCUT2D eigenvalue weighted by Gasteiger charge is 2.22. The Morgan fingerprint density at radius 3 is 2.59 bits per heavy atom. The standard InChI is InChI=1S/C20H26ClN5O3/c1-4-29-20(28)16-6-7-17(22-12-16)24-8-5-9-25(11-10-24)18(27)13-26-15(3)19(21)14(2)23-26/h6-7,12H,4-5,8-11,13H2,1-3H3. The van der Waals surface area contributed by atoms with Crippen LogP contribution in [0.25, 0.3) is 0 Å². The third-order valence-electron chi connectivity index (χ3n) is 5.01. The number of halogens is 1. The van der Waals surface area contributed by atoms with Gasteiger partial charge in [-0.2, -0.15) is 5.10 Å². The van der Waals surface area contributed by atoms with Crippen LogP contribution in [0.4, 0.5) is 5.82 Å². The molecule has 0 saturated carbocycles. The van der Waals surface area contributed by atoms with Crippen LogP contribution in [-0.4, -0.2) is 64.3 Å². The van der Waals surface area contributed by atoms with Gasteiger partial charge in [-0.15, -0.1) is 0 Å². The Labute approximate surface area is 175 Å². The van der Waals surface area contributed by atoms with Crippen molar-refractivity contribution in [2.75, 3.05) is 37.7 Å². The summed E-state index contributed by atoms with van der Waals surface area (Å²) in [7, 11) is 0. The number of rotatable bonds is 5. The van der Waals surface area contributed by atoms with E-state index in [1.807, 2.05) is 24.8 Å². The molecule has 3 heterocycles. The summed E-state index contributed by atoms with van der Waals surface area (Å²) in [6.07, 6.45) is 2.37. The Morgan fingerprint density at radius 1 is 1.17 bits per heavy atom. The molecule has 0 atom stereocenters. The number of anilines is 1. The molecule has 3 rings (SSSR count). The molecular formula is C20H26ClN5O3. The Hall–Kier alpha value is -2.61. The molecule has 156 valence electrons. The molecule has 0 radical (unpaired) electrons. The zero-order valence-electron chi connectivity index (χ0n) is 17.0. The lowest BCUT2D eigenvalue weighted by molar-refractivity contribution is -0.131. The topological polar surface area (TPSA) is 80.6 Å². The van der Waals surface area contributed by atoms with Gasteiger partial charge in [-0.25, -0.2) is 9.78 Å². The van der Waals surface area contributed by atoms with Gasteiger partial charge in [-0.3, -0.25) is 9.48 Å². The molecular weight excluding hydrogens is 394 g/mol. The van der Waals surface area contributed by atoms with Gasteiger partial charge in [0.25, 0.3) is 0 Å². The predicted molar refractivity (Wildman–Crippen MR) is 110 cm³/mol. The predicted octanol–water partition coefficient (Wildman–Crippen LogP) is 2.46. The van der Waals surface area contributed by atoms with Crippen LogP contribution in [0.3, 0.4) is 0 Å². The van der Waals surface area contributed by atoms with Crippen molar-refractivity contribution in [2.45, 2.75) is 33.7 Å². The van der Waals surface area contributed by atoms with Crippen LogP contribution in [-0.2, 0) is 16.1 Å². The third kappa shape index (κ3) is 4.87. The molecule has 8 nitrogen and oxygen atoms in total. The molecule has 1 aliphatic heterocycles. The number of amides is 1. The number of carbonyl (C=O) groups excluding carboxylic acids is 2. The molecule has 0 unspecified atom stereocenters. The Balaban J connectivity index is 1.60. The second-order valence-corrected chi connectivity index (χ2v) is 7.37. The maximum absolute atomic E-state index is 12.8. The molecule has 0 N–H and O–H groups in total. The van der Waals surface area contributed by atoms with Gasteiger partial charge in [0.2, 0.25) is 5.91 Å². The molecule has 0 aliphatic carbocycles. The Bertz CT molecular complexity index is 881. The van der Waals surface area contributed by atoms with E-state index in [1.165, 1.54) is 6.20 Å². The minimum absolute atomic E-state index is 0.0275. The summed E-state index contributed by atoms with van der Waals surface area (Å²) in [6.45, 7) is 8.75. The largest absolute Gasteiger partial charge is 0.462 e. The van der Waals surface area contributed by atoms with Gasteiger partial charge < -0.3 is 14.5 Å². The highest BCUT2D eigenvalue weighted by atomic mass is 35.5. The number of esters is 1. The fraction of sp³-hybridized carbons (Fsp3) is 0.500. The number of nitrogens with zero attached hydrogens (tertiary/aromatic N) is 5. The first kappa shape index (κ1) is 21.1. The van der Waals surface area contributed by atoms with E-state index in [2.05, 4.69) is 15.0 Å². The van der Waals surface area contributed by atoms with Gasteiger partial charge in [-0.05, 0) is 39.3 Å². The lowest BCUT2D eigenvalue weighted by atomic mass is 10.2. The van der Waals surface area contributed by atoms with E-state index in [1.54, 1.807) is 17.7 Å². The molecule has 1 aliphatic rings. The Morgan fingerprint density at radius 2 is 1.97 bits per heavy atom. The highest BCUT2D eigenvalue weighted by molar-refractivity contribution is 6.31. The molecule has 1 saturated heterocycles. The van der Waals surface area contributed by atoms with Gasteiger partial charge in [0.15, 0.2) is 0 Å². The van der Waals surface area contributed by atoms with E-state index in [0.717, 1.165) is 30.2 Å². The van der Waals surface area contributed by atoms with Crippen molar-refractivity contribution in [1.82, 2.24) is 19.7 Å². The quantitative estimate of drug-likeness (QED) is 0.692. The van der Waals surface area contributed by atoms with Crippen LogP contribution in [0.15, 0.2) is 18.3 Å². The summed E-state index contributed by atoms with van der Waals surface area (Å²) in [5.74, 6) is 0.445. The third-order valence-corrected chi connectivity index (χ3v) is 5.56. The van der Waals surface area contributed by atoms with Crippen molar-refractivity contribution < 1.29 is 14.3 Å². The van der Waals surface area contributed by atoms with Gasteiger partial charge in [0.05, 0.1) is 28.6 Å². The van der Waals surface area contributed by atoms with Crippen molar-refractivity contribution >= 4 is 29.3 Å². The monoisotopic (exact) mass is 419 g/mol. The van der Waals surface area contributed by atoms with Gasteiger partial charge in [0.1, 0.15) is 12.4 Å². The smallest absolute Gasteiger partial charge is 0.339 e. The van der Waals surface area contributed by atoms with Crippen LogP contribution in [0.5, 0.6) is 0 Å². The molecule has 2 aromatic heterocycles. The number of aryl methyl sites for hydroxylation is 1. The number of ether oxygens (including phenoxy) is 1. The summed E-state index contributed by atoms with van der Waals surface area (Å²) >= 11 is 6.18. The van der Waals surface area contributed by atoms with Crippen LogP contribution in [0.1, 0.15) is 35.1 Å². The van der Waals surface area contributed by atoms with Crippen LogP contribution in [0.2, 0.25) is 5.02 Å². The van der Waals surface area contributed by atoms with E-state index >= 15 is 0 Å². The minimum Gasteiger partial charge on any atom is -0.462 e. The maximum atomic E-state index is 12.8. The number of pyridine rings is 1. The SMILES string of the molecule is CCOC(=O)c1ccc(N2CCCN(C(=O)Cn3nc(C)c(Cl)c3C)CC2)nc1. The molecule has 0 bridgehead atoms. The van der Waals surface area contributed by atoms with Crippen molar-refractivity contribution in [3.63, 3.8) is 0 Å². The zero-order valence-corrected chi connectivity index (χ0v) is 17.8. The first-order valence-electron chi connectivity index (χ1n) is 9.76. The van der Waals surface area contributed by atoms with Crippen molar-refractivity contribution in [3.05, 3.63) is 40.3 Å². The first-order valence-corrected chi connectivity index (χ1v) is 10.1. The van der Waals surface area contributed by atoms with E-state index < -0.39 is 0 Å². The summed E-state index contributed by atoms with van der Waals surface area (Å²) in [6, 6.07) is 3.54. The zero-order chi connectivity index (χ0) is 21.0. The average molecular weight is 420 g/mol. The highest BCUT2D eigenvalue weighted by Crippen LogP contribution is 2.19. The average Bonchev–Trinajstić information content (AvgIpc) is 2.90. The molecule has 2 aromatic rings. The fourth-order valence-electron chi connectivity index (χ4n) is 3.36. The summed E-state index contributed by atoms with van der Waals surface area (Å²) in [4.78, 5) is 32.9. The number of hydrogen-bond acceptors (Lipinski definition) is 6. The van der Waals surface area contributed by atoms with Gasteiger partial charge in [0, 0.05) is 32.4 Å². The summed E-state index contributed by atoms with van der Waals surface area (Å²) < 4.78 is 6.65. The van der Waals surface area contributed by atoms with Crippen molar-refractivity contribution in [3.8, 4) is 0 Å². The van der Waals surface area contributed by atoms with Gasteiger partial charge in [-0.1, -0.05) is 11.6 Å². The molecule has 0 aromatic carbocycles. The van der Waals surface area contributed by atoms with Gasteiger partial charge >= 0.3 is 5.97 Å². The lowest BCUT2D eigenvalue weighted by Crippen LogP contribution is -2.37. The fourth-order valence-corrected chi connectivity index (χ4v) is 3.50. The normalized spacial score (nSPS) is 14.6. The number of carbonyl (C=O) groups is 2. The van der Waals surface area contributed by atoms with Crippen LogP contribution in [0, 0.1) is 13.8 Å².